The minimum atomic E-state index is -3.57. The average Bonchev–Trinajstić information content (AvgIpc) is 3.16. The molecule has 0 aromatic heterocycles. The Balaban J connectivity index is 1.59. The first-order chi connectivity index (χ1) is 12.8. The largest absolute Gasteiger partial charge is 0.376 e. The van der Waals surface area contributed by atoms with Crippen LogP contribution in [-0.2, 0) is 25.3 Å². The SMILES string of the molecule is O=C(NC[C@H]1CCCO1)[C@@H]1CCCN(S(=O)(=O)Cc2ccc(Cl)cc2Cl)C1. The first-order valence-corrected chi connectivity index (χ1v) is 11.5. The van der Waals surface area contributed by atoms with Crippen LogP contribution in [0, 0.1) is 5.92 Å². The first-order valence-electron chi connectivity index (χ1n) is 9.16. The van der Waals surface area contributed by atoms with E-state index in [0.29, 0.717) is 41.5 Å². The molecule has 3 rings (SSSR count). The average molecular weight is 435 g/mol. The van der Waals surface area contributed by atoms with Gasteiger partial charge in [0.15, 0.2) is 0 Å². The number of benzene rings is 1. The van der Waals surface area contributed by atoms with E-state index in [1.165, 1.54) is 10.4 Å². The number of amides is 1. The molecular weight excluding hydrogens is 411 g/mol. The minimum Gasteiger partial charge on any atom is -0.376 e. The van der Waals surface area contributed by atoms with E-state index < -0.39 is 10.0 Å². The molecule has 2 fully saturated rings. The van der Waals surface area contributed by atoms with Crippen molar-refractivity contribution in [2.45, 2.75) is 37.5 Å². The standard InChI is InChI=1S/C18H24Cl2N2O4S/c19-15-6-5-14(17(20)9-15)12-27(24,25)22-7-1-3-13(11-22)18(23)21-10-16-4-2-8-26-16/h5-6,9,13,16H,1-4,7-8,10-12H2,(H,21,23)/t13-,16-/m1/s1. The van der Waals surface area contributed by atoms with E-state index >= 15 is 0 Å². The van der Waals surface area contributed by atoms with Gasteiger partial charge in [-0.15, -0.1) is 0 Å². The maximum Gasteiger partial charge on any atom is 0.224 e. The molecule has 9 heteroatoms. The topological polar surface area (TPSA) is 75.7 Å². The van der Waals surface area contributed by atoms with Crippen molar-refractivity contribution in [1.82, 2.24) is 9.62 Å². The van der Waals surface area contributed by atoms with Crippen molar-refractivity contribution in [3.63, 3.8) is 0 Å². The van der Waals surface area contributed by atoms with Crippen LogP contribution in [0.1, 0.15) is 31.2 Å². The Morgan fingerprint density at radius 2 is 2.07 bits per heavy atom. The molecule has 2 atom stereocenters. The molecule has 0 bridgehead atoms. The Morgan fingerprint density at radius 3 is 2.78 bits per heavy atom. The molecule has 1 amide bonds. The second-order valence-corrected chi connectivity index (χ2v) is 9.88. The van der Waals surface area contributed by atoms with Crippen molar-refractivity contribution in [3.8, 4) is 0 Å². The van der Waals surface area contributed by atoms with Crippen LogP contribution in [0.3, 0.4) is 0 Å². The summed E-state index contributed by atoms with van der Waals surface area (Å²) >= 11 is 12.0. The fourth-order valence-electron chi connectivity index (χ4n) is 3.50. The Bertz CT molecular complexity index is 782. The highest BCUT2D eigenvalue weighted by Crippen LogP contribution is 2.26. The highest BCUT2D eigenvalue weighted by molar-refractivity contribution is 7.88. The summed E-state index contributed by atoms with van der Waals surface area (Å²) in [6.45, 7) is 1.85. The predicted molar refractivity (Wildman–Crippen MR) is 105 cm³/mol. The monoisotopic (exact) mass is 434 g/mol. The third kappa shape index (κ3) is 5.57. The van der Waals surface area contributed by atoms with Gasteiger partial charge in [0, 0.05) is 36.3 Å². The molecule has 6 nitrogen and oxygen atoms in total. The zero-order chi connectivity index (χ0) is 19.4. The van der Waals surface area contributed by atoms with Gasteiger partial charge >= 0.3 is 0 Å². The molecule has 1 aromatic rings. The third-order valence-corrected chi connectivity index (χ3v) is 7.41. The molecule has 0 radical (unpaired) electrons. The molecule has 2 aliphatic rings. The van der Waals surface area contributed by atoms with Gasteiger partial charge in [-0.25, -0.2) is 12.7 Å². The summed E-state index contributed by atoms with van der Waals surface area (Å²) in [6, 6.07) is 4.78. The lowest BCUT2D eigenvalue weighted by atomic mass is 9.99. The third-order valence-electron chi connectivity index (χ3n) is 5.03. The van der Waals surface area contributed by atoms with Crippen LogP contribution < -0.4 is 5.32 Å². The van der Waals surface area contributed by atoms with E-state index in [9.17, 15) is 13.2 Å². The number of sulfonamides is 1. The number of piperidine rings is 1. The van der Waals surface area contributed by atoms with Crippen LogP contribution in [0.5, 0.6) is 0 Å². The minimum absolute atomic E-state index is 0.0735. The van der Waals surface area contributed by atoms with E-state index in [1.54, 1.807) is 12.1 Å². The van der Waals surface area contributed by atoms with E-state index in [2.05, 4.69) is 5.32 Å². The number of hydrogen-bond donors (Lipinski definition) is 1. The predicted octanol–water partition coefficient (Wildman–Crippen LogP) is 2.83. The number of carbonyl (C=O) groups excluding carboxylic acids is 1. The van der Waals surface area contributed by atoms with Crippen LogP contribution in [0.2, 0.25) is 10.0 Å². The van der Waals surface area contributed by atoms with Gasteiger partial charge < -0.3 is 10.1 Å². The molecule has 0 aliphatic carbocycles. The van der Waals surface area contributed by atoms with Crippen LogP contribution in [-0.4, -0.2) is 51.0 Å². The quantitative estimate of drug-likeness (QED) is 0.746. The summed E-state index contributed by atoms with van der Waals surface area (Å²) < 4.78 is 32.5. The summed E-state index contributed by atoms with van der Waals surface area (Å²) in [5.74, 6) is -0.640. The lowest BCUT2D eigenvalue weighted by molar-refractivity contribution is -0.126. The van der Waals surface area contributed by atoms with E-state index in [0.717, 1.165) is 19.4 Å². The van der Waals surface area contributed by atoms with Crippen molar-refractivity contribution in [3.05, 3.63) is 33.8 Å². The second kappa shape index (κ2) is 9.09. The van der Waals surface area contributed by atoms with Gasteiger partial charge in [-0.3, -0.25) is 4.79 Å². The first kappa shape index (κ1) is 20.9. The van der Waals surface area contributed by atoms with Gasteiger partial charge in [-0.1, -0.05) is 29.3 Å². The number of hydrogen-bond acceptors (Lipinski definition) is 4. The molecule has 0 spiro atoms. The fraction of sp³-hybridized carbons (Fsp3) is 0.611. The van der Waals surface area contributed by atoms with Crippen molar-refractivity contribution >= 4 is 39.1 Å². The molecule has 150 valence electrons. The van der Waals surface area contributed by atoms with Crippen LogP contribution in [0.4, 0.5) is 0 Å². The van der Waals surface area contributed by atoms with Gasteiger partial charge in [-0.05, 0) is 43.4 Å². The number of ether oxygens (including phenoxy) is 1. The molecule has 1 N–H and O–H groups in total. The molecular formula is C18H24Cl2N2O4S. The summed E-state index contributed by atoms with van der Waals surface area (Å²) in [5, 5.41) is 3.70. The highest BCUT2D eigenvalue weighted by atomic mass is 35.5. The summed E-state index contributed by atoms with van der Waals surface area (Å²) in [6.07, 6.45) is 3.39. The number of nitrogens with zero attached hydrogens (tertiary/aromatic N) is 1. The molecule has 2 heterocycles. The Labute approximate surface area is 170 Å². The zero-order valence-corrected chi connectivity index (χ0v) is 17.3. The number of halogens is 2. The van der Waals surface area contributed by atoms with Crippen molar-refractivity contribution in [2.75, 3.05) is 26.2 Å². The molecule has 0 saturated carbocycles. The lowest BCUT2D eigenvalue weighted by Gasteiger charge is -2.31. The normalized spacial score (nSPS) is 24.1. The smallest absolute Gasteiger partial charge is 0.224 e. The van der Waals surface area contributed by atoms with Crippen molar-refractivity contribution in [1.29, 1.82) is 0 Å². The lowest BCUT2D eigenvalue weighted by Crippen LogP contribution is -2.46. The molecule has 27 heavy (non-hydrogen) atoms. The maximum atomic E-state index is 12.8. The Morgan fingerprint density at radius 1 is 1.26 bits per heavy atom. The van der Waals surface area contributed by atoms with Crippen LogP contribution >= 0.6 is 23.2 Å². The van der Waals surface area contributed by atoms with Gasteiger partial charge in [0.2, 0.25) is 15.9 Å². The van der Waals surface area contributed by atoms with Gasteiger partial charge in [-0.2, -0.15) is 0 Å². The van der Waals surface area contributed by atoms with Crippen molar-refractivity contribution in [2.24, 2.45) is 5.92 Å². The fourth-order valence-corrected chi connectivity index (χ4v) is 5.70. The summed E-state index contributed by atoms with van der Waals surface area (Å²) in [7, 11) is -3.57. The number of carbonyl (C=O) groups is 1. The van der Waals surface area contributed by atoms with E-state index in [1.807, 2.05) is 0 Å². The van der Waals surface area contributed by atoms with Crippen LogP contribution in [0.15, 0.2) is 18.2 Å². The maximum absolute atomic E-state index is 12.8. The van der Waals surface area contributed by atoms with Gasteiger partial charge in [0.1, 0.15) is 0 Å². The van der Waals surface area contributed by atoms with E-state index in [4.69, 9.17) is 27.9 Å². The highest BCUT2D eigenvalue weighted by Gasteiger charge is 2.33. The zero-order valence-electron chi connectivity index (χ0n) is 15.0. The number of nitrogens with one attached hydrogen (secondary N) is 1. The van der Waals surface area contributed by atoms with Crippen LogP contribution in [0.25, 0.3) is 0 Å². The van der Waals surface area contributed by atoms with Crippen molar-refractivity contribution < 1.29 is 17.9 Å². The number of rotatable bonds is 6. The molecule has 2 aliphatic heterocycles. The van der Waals surface area contributed by atoms with Gasteiger partial charge in [0.05, 0.1) is 17.8 Å². The Hall–Kier alpha value is -0.860. The molecule has 2 saturated heterocycles. The summed E-state index contributed by atoms with van der Waals surface area (Å²) in [4.78, 5) is 12.5. The van der Waals surface area contributed by atoms with E-state index in [-0.39, 0.29) is 30.2 Å². The summed E-state index contributed by atoms with van der Waals surface area (Å²) in [5.41, 5.74) is 0.506. The Kier molecular flexibility index (Phi) is 7.03. The second-order valence-electron chi connectivity index (χ2n) is 7.07. The van der Waals surface area contributed by atoms with Gasteiger partial charge in [0.25, 0.3) is 0 Å². The molecule has 1 aromatic carbocycles. The molecule has 0 unspecified atom stereocenters.